The zero-order valence-electron chi connectivity index (χ0n) is 25.2. The van der Waals surface area contributed by atoms with Gasteiger partial charge in [-0.15, -0.1) is 0 Å². The van der Waals surface area contributed by atoms with Crippen LogP contribution in [0, 0.1) is 10.1 Å². The van der Waals surface area contributed by atoms with Gasteiger partial charge in [0.15, 0.2) is 11.5 Å². The number of nitro benzene ring substituents is 1. The van der Waals surface area contributed by atoms with Gasteiger partial charge in [-0.25, -0.2) is 0 Å². The van der Waals surface area contributed by atoms with E-state index >= 15 is 0 Å². The minimum atomic E-state index is -0.273. The fourth-order valence-electron chi connectivity index (χ4n) is 6.39. The number of carbonyl (C=O) groups excluding carboxylic acids is 1. The topological polar surface area (TPSA) is 111 Å². The number of hydrogen-bond acceptors (Lipinski definition) is 7. The average molecular weight is 587 g/mol. The van der Waals surface area contributed by atoms with Crippen LogP contribution in [0.5, 0.6) is 11.5 Å². The lowest BCUT2D eigenvalue weighted by Crippen LogP contribution is -2.43. The number of methoxy groups -OCH3 is 2. The van der Waals surface area contributed by atoms with E-state index in [1.165, 1.54) is 0 Å². The highest BCUT2D eigenvalue weighted by Crippen LogP contribution is 2.35. The van der Waals surface area contributed by atoms with Crippen molar-refractivity contribution in [2.45, 2.75) is 70.0 Å². The summed E-state index contributed by atoms with van der Waals surface area (Å²) in [4.78, 5) is 30.0. The van der Waals surface area contributed by atoms with Crippen LogP contribution in [0.25, 0.3) is 11.1 Å². The number of benzene rings is 3. The van der Waals surface area contributed by atoms with Crippen LogP contribution in [-0.2, 0) is 6.54 Å². The summed E-state index contributed by atoms with van der Waals surface area (Å²) < 4.78 is 10.8. The molecule has 1 saturated heterocycles. The van der Waals surface area contributed by atoms with Gasteiger partial charge in [0, 0.05) is 43.3 Å². The maximum Gasteiger partial charge on any atom is 0.293 e. The van der Waals surface area contributed by atoms with E-state index in [0.717, 1.165) is 81.1 Å². The minimum absolute atomic E-state index is 0.0537. The highest BCUT2D eigenvalue weighted by molar-refractivity contribution is 5.95. The lowest BCUT2D eigenvalue weighted by Gasteiger charge is -2.36. The first-order chi connectivity index (χ1) is 20.9. The van der Waals surface area contributed by atoms with Crippen molar-refractivity contribution in [3.05, 3.63) is 81.9 Å². The van der Waals surface area contributed by atoms with Crippen LogP contribution in [0.4, 0.5) is 11.4 Å². The van der Waals surface area contributed by atoms with E-state index in [-0.39, 0.29) is 28.6 Å². The molecule has 9 nitrogen and oxygen atoms in total. The number of anilines is 1. The number of nitro groups is 1. The van der Waals surface area contributed by atoms with Gasteiger partial charge in [0.1, 0.15) is 5.69 Å². The van der Waals surface area contributed by atoms with Gasteiger partial charge in [-0.2, -0.15) is 0 Å². The second-order valence-electron chi connectivity index (χ2n) is 11.6. The van der Waals surface area contributed by atoms with E-state index in [2.05, 4.69) is 4.90 Å². The third-order valence-electron chi connectivity index (χ3n) is 8.81. The molecule has 0 unspecified atom stereocenters. The number of nitrogens with two attached hydrogens (primary N) is 1. The van der Waals surface area contributed by atoms with Crippen molar-refractivity contribution in [1.82, 2.24) is 4.90 Å². The Morgan fingerprint density at radius 3 is 2.28 bits per heavy atom. The zero-order chi connectivity index (χ0) is 30.3. The number of ether oxygens (including phenoxy) is 2. The molecular weight excluding hydrogens is 544 g/mol. The van der Waals surface area contributed by atoms with Crippen molar-refractivity contribution in [3.8, 4) is 22.6 Å². The molecule has 2 fully saturated rings. The molecule has 3 aromatic rings. The summed E-state index contributed by atoms with van der Waals surface area (Å²) in [6, 6.07) is 19.0. The van der Waals surface area contributed by atoms with Gasteiger partial charge in [-0.05, 0) is 85.5 Å². The highest BCUT2D eigenvalue weighted by Gasteiger charge is 2.29. The monoisotopic (exact) mass is 586 g/mol. The van der Waals surface area contributed by atoms with Crippen molar-refractivity contribution < 1.29 is 19.2 Å². The molecule has 9 heteroatoms. The highest BCUT2D eigenvalue weighted by atomic mass is 16.6. The fraction of sp³-hybridized carbons (Fsp3) is 0.441. The second kappa shape index (κ2) is 13.9. The van der Waals surface area contributed by atoms with Crippen LogP contribution in [0.15, 0.2) is 60.7 Å². The third-order valence-corrected chi connectivity index (χ3v) is 8.81. The number of rotatable bonds is 9. The molecule has 0 aromatic heterocycles. The Morgan fingerprint density at radius 1 is 0.907 bits per heavy atom. The maximum absolute atomic E-state index is 14.0. The molecule has 3 aromatic carbocycles. The van der Waals surface area contributed by atoms with Crippen molar-refractivity contribution >= 4 is 17.3 Å². The lowest BCUT2D eigenvalue weighted by atomic mass is 9.90. The van der Waals surface area contributed by atoms with Crippen molar-refractivity contribution in [1.29, 1.82) is 0 Å². The van der Waals surface area contributed by atoms with E-state index in [9.17, 15) is 14.9 Å². The van der Waals surface area contributed by atoms with Gasteiger partial charge in [0.25, 0.3) is 11.6 Å². The third kappa shape index (κ3) is 7.10. The van der Waals surface area contributed by atoms with Crippen LogP contribution < -0.4 is 20.1 Å². The fourth-order valence-corrected chi connectivity index (χ4v) is 6.39. The molecule has 1 heterocycles. The van der Waals surface area contributed by atoms with Crippen LogP contribution in [0.1, 0.15) is 67.3 Å². The van der Waals surface area contributed by atoms with Crippen LogP contribution >= 0.6 is 0 Å². The lowest BCUT2D eigenvalue weighted by molar-refractivity contribution is -0.384. The Morgan fingerprint density at radius 2 is 1.60 bits per heavy atom. The van der Waals surface area contributed by atoms with Gasteiger partial charge < -0.3 is 25.0 Å². The summed E-state index contributed by atoms with van der Waals surface area (Å²) in [7, 11) is 3.13. The van der Waals surface area contributed by atoms with E-state index in [0.29, 0.717) is 29.3 Å². The second-order valence-corrected chi connectivity index (χ2v) is 11.6. The largest absolute Gasteiger partial charge is 0.493 e. The van der Waals surface area contributed by atoms with Gasteiger partial charge in [0.05, 0.1) is 19.1 Å². The summed E-state index contributed by atoms with van der Waals surface area (Å²) >= 11 is 0. The Kier molecular flexibility index (Phi) is 9.82. The summed E-state index contributed by atoms with van der Waals surface area (Å²) in [5.74, 6) is 0.994. The van der Waals surface area contributed by atoms with Gasteiger partial charge in [-0.3, -0.25) is 14.9 Å². The first kappa shape index (κ1) is 30.4. The standard InChI is InChI=1S/C34H42N4O5/c1-42-32-17-11-27(22-33(32)43-2)34(39)37(29-14-12-28(35)13-15-29)23-24-8-7-9-25(20-24)26-10-16-30(31(21-26)38(40)41)36-18-5-3-4-6-19-36/h7-11,16-17,20-22,28-29H,3-6,12-15,18-19,23,35H2,1-2H3. The van der Waals surface area contributed by atoms with Crippen molar-refractivity contribution in [2.24, 2.45) is 5.73 Å². The molecule has 1 aliphatic carbocycles. The number of carbonyl (C=O) groups is 1. The Hall–Kier alpha value is -4.11. The van der Waals surface area contributed by atoms with Gasteiger partial charge >= 0.3 is 0 Å². The molecule has 1 aliphatic heterocycles. The molecule has 0 bridgehead atoms. The van der Waals surface area contributed by atoms with Crippen LogP contribution in [0.3, 0.4) is 0 Å². The van der Waals surface area contributed by atoms with Crippen molar-refractivity contribution in [3.63, 3.8) is 0 Å². The molecule has 2 aliphatic rings. The Bertz CT molecular complexity index is 1430. The number of amides is 1. The first-order valence-corrected chi connectivity index (χ1v) is 15.3. The summed E-state index contributed by atoms with van der Waals surface area (Å²) in [6.07, 6.45) is 7.83. The minimum Gasteiger partial charge on any atom is -0.493 e. The van der Waals surface area contributed by atoms with E-state index in [1.54, 1.807) is 38.5 Å². The molecule has 0 atom stereocenters. The average Bonchev–Trinajstić information content (AvgIpc) is 3.33. The Labute approximate surface area is 253 Å². The maximum atomic E-state index is 14.0. The zero-order valence-corrected chi connectivity index (χ0v) is 25.2. The molecule has 0 spiro atoms. The quantitative estimate of drug-likeness (QED) is 0.223. The molecule has 2 N–H and O–H groups in total. The molecular formula is C34H42N4O5. The summed E-state index contributed by atoms with van der Waals surface area (Å²) in [5, 5.41) is 12.1. The SMILES string of the molecule is COc1ccc(C(=O)N(Cc2cccc(-c3ccc(N4CCCCCC4)c([N+](=O)[O-])c3)c2)C2CCC(N)CC2)cc1OC. The number of nitrogens with zero attached hydrogens (tertiary/aromatic N) is 3. The predicted molar refractivity (Wildman–Crippen MR) is 169 cm³/mol. The van der Waals surface area contributed by atoms with E-state index in [4.69, 9.17) is 15.2 Å². The molecule has 228 valence electrons. The Balaban J connectivity index is 1.44. The molecule has 1 saturated carbocycles. The molecule has 5 rings (SSSR count). The van der Waals surface area contributed by atoms with Crippen molar-refractivity contribution in [2.75, 3.05) is 32.2 Å². The van der Waals surface area contributed by atoms with E-state index < -0.39 is 0 Å². The molecule has 1 amide bonds. The first-order valence-electron chi connectivity index (χ1n) is 15.3. The number of hydrogen-bond donors (Lipinski definition) is 1. The predicted octanol–water partition coefficient (Wildman–Crippen LogP) is 6.57. The molecule has 43 heavy (non-hydrogen) atoms. The summed E-state index contributed by atoms with van der Waals surface area (Å²) in [6.45, 7) is 2.09. The molecule has 0 radical (unpaired) electrons. The summed E-state index contributed by atoms with van der Waals surface area (Å²) in [5.41, 5.74) is 10.2. The van der Waals surface area contributed by atoms with Crippen LogP contribution in [0.2, 0.25) is 0 Å². The normalized spacial score (nSPS) is 18.9. The van der Waals surface area contributed by atoms with Gasteiger partial charge in [0.2, 0.25) is 0 Å². The van der Waals surface area contributed by atoms with Crippen LogP contribution in [-0.4, -0.2) is 55.1 Å². The van der Waals surface area contributed by atoms with Gasteiger partial charge in [-0.1, -0.05) is 37.1 Å². The smallest absolute Gasteiger partial charge is 0.293 e. The van der Waals surface area contributed by atoms with E-state index in [1.807, 2.05) is 41.3 Å².